The third-order valence-corrected chi connectivity index (χ3v) is 9.12. The van der Waals surface area contributed by atoms with Crippen molar-refractivity contribution in [2.75, 3.05) is 11.9 Å². The van der Waals surface area contributed by atoms with Gasteiger partial charge in [-0.2, -0.15) is 0 Å². The van der Waals surface area contributed by atoms with E-state index in [1.807, 2.05) is 86.6 Å². The van der Waals surface area contributed by atoms with Gasteiger partial charge in [-0.3, -0.25) is 24.1 Å². The van der Waals surface area contributed by atoms with Gasteiger partial charge in [-0.1, -0.05) is 78.4 Å². The van der Waals surface area contributed by atoms with Crippen molar-refractivity contribution in [3.05, 3.63) is 137 Å². The first-order chi connectivity index (χ1) is 21.7. The van der Waals surface area contributed by atoms with Crippen LogP contribution < -0.4 is 4.90 Å². The number of hydrogen-bond donors (Lipinski definition) is 0. The van der Waals surface area contributed by atoms with Crippen LogP contribution in [0, 0.1) is 13.8 Å². The molecule has 45 heavy (non-hydrogen) atoms. The van der Waals surface area contributed by atoms with E-state index in [-0.39, 0.29) is 17.7 Å². The van der Waals surface area contributed by atoms with Gasteiger partial charge in [-0.15, -0.1) is 0 Å². The Balaban J connectivity index is 1.29. The summed E-state index contributed by atoms with van der Waals surface area (Å²) in [5.74, 6) is -1.49. The van der Waals surface area contributed by atoms with Crippen LogP contribution in [-0.2, 0) is 0 Å². The SMILES string of the molecule is Cc1ccc(-c2ccc(N3C(=O)c4cc5c(C)ccc(-c6c7c(cc8ccccc68)C(=O)N(C)C7=O)c5cc4C3=O)cc2)cc1. The summed E-state index contributed by atoms with van der Waals surface area (Å²) in [4.78, 5) is 56.6. The molecule has 6 heteroatoms. The van der Waals surface area contributed by atoms with Crippen LogP contribution in [0.1, 0.15) is 52.6 Å². The van der Waals surface area contributed by atoms with Gasteiger partial charge in [0, 0.05) is 12.6 Å². The van der Waals surface area contributed by atoms with Gasteiger partial charge in [-0.25, -0.2) is 4.90 Å². The molecule has 0 fully saturated rings. The van der Waals surface area contributed by atoms with Crippen LogP contribution in [0.5, 0.6) is 0 Å². The molecule has 0 aliphatic carbocycles. The summed E-state index contributed by atoms with van der Waals surface area (Å²) in [5.41, 5.74) is 7.36. The van der Waals surface area contributed by atoms with Crippen molar-refractivity contribution in [1.82, 2.24) is 4.90 Å². The van der Waals surface area contributed by atoms with E-state index in [9.17, 15) is 19.2 Å². The molecule has 0 aromatic heterocycles. The molecule has 6 aromatic rings. The van der Waals surface area contributed by atoms with Crippen molar-refractivity contribution in [3.8, 4) is 22.3 Å². The summed E-state index contributed by atoms with van der Waals surface area (Å²) in [7, 11) is 1.49. The molecule has 0 spiro atoms. The van der Waals surface area contributed by atoms with Crippen LogP contribution in [-0.4, -0.2) is 35.6 Å². The minimum absolute atomic E-state index is 0.304. The maximum Gasteiger partial charge on any atom is 0.266 e. The monoisotopic (exact) mass is 586 g/mol. The third-order valence-electron chi connectivity index (χ3n) is 9.12. The lowest BCUT2D eigenvalue weighted by atomic mass is 9.86. The molecule has 0 saturated heterocycles. The van der Waals surface area contributed by atoms with Crippen LogP contribution >= 0.6 is 0 Å². The second-order valence-corrected chi connectivity index (χ2v) is 11.8. The Morgan fingerprint density at radius 1 is 0.489 bits per heavy atom. The summed E-state index contributed by atoms with van der Waals surface area (Å²) in [5, 5.41) is 3.20. The Bertz CT molecular complexity index is 2320. The van der Waals surface area contributed by atoms with E-state index in [1.165, 1.54) is 17.5 Å². The van der Waals surface area contributed by atoms with Gasteiger partial charge in [0.25, 0.3) is 23.6 Å². The van der Waals surface area contributed by atoms with Crippen LogP contribution in [0.25, 0.3) is 43.8 Å². The van der Waals surface area contributed by atoms with Gasteiger partial charge < -0.3 is 0 Å². The number of carbonyl (C=O) groups is 4. The molecule has 0 atom stereocenters. The lowest BCUT2D eigenvalue weighted by Gasteiger charge is -2.16. The van der Waals surface area contributed by atoms with Crippen molar-refractivity contribution < 1.29 is 19.2 Å². The smallest absolute Gasteiger partial charge is 0.266 e. The normalized spacial score (nSPS) is 14.2. The summed E-state index contributed by atoms with van der Waals surface area (Å²) >= 11 is 0. The van der Waals surface area contributed by atoms with E-state index in [0.717, 1.165) is 48.7 Å². The molecule has 0 radical (unpaired) electrons. The van der Waals surface area contributed by atoms with Gasteiger partial charge in [0.05, 0.1) is 27.9 Å². The fourth-order valence-electron chi connectivity index (χ4n) is 6.68. The molecule has 2 heterocycles. The molecular weight excluding hydrogens is 560 g/mol. The Kier molecular flexibility index (Phi) is 5.68. The Hall–Kier alpha value is -5.88. The maximum absolute atomic E-state index is 13.9. The molecule has 6 aromatic carbocycles. The van der Waals surface area contributed by atoms with E-state index in [4.69, 9.17) is 0 Å². The number of imide groups is 2. The van der Waals surface area contributed by atoms with Crippen LogP contribution in [0.2, 0.25) is 0 Å². The van der Waals surface area contributed by atoms with Gasteiger partial charge in [0.2, 0.25) is 0 Å². The highest BCUT2D eigenvalue weighted by Gasteiger charge is 2.39. The zero-order valence-corrected chi connectivity index (χ0v) is 24.8. The number of amides is 4. The zero-order chi connectivity index (χ0) is 31.1. The highest BCUT2D eigenvalue weighted by Crippen LogP contribution is 2.43. The molecular formula is C39H26N2O4. The van der Waals surface area contributed by atoms with E-state index >= 15 is 0 Å². The molecule has 0 unspecified atom stereocenters. The first kappa shape index (κ1) is 26.7. The fourth-order valence-corrected chi connectivity index (χ4v) is 6.68. The van der Waals surface area contributed by atoms with E-state index in [2.05, 4.69) is 0 Å². The average molecular weight is 587 g/mol. The van der Waals surface area contributed by atoms with Crippen molar-refractivity contribution in [1.29, 1.82) is 0 Å². The number of rotatable bonds is 3. The van der Waals surface area contributed by atoms with Crippen LogP contribution in [0.4, 0.5) is 5.69 Å². The van der Waals surface area contributed by atoms with Crippen molar-refractivity contribution in [2.24, 2.45) is 0 Å². The standard InChI is InChI=1S/C39H26N2O4/c1-21-8-11-23(12-9-21)24-13-15-26(16-14-24)41-37(43)31-19-29-22(2)10-17-28(30(29)20-32(31)38(41)44)34-27-7-5-4-6-25(27)18-33-35(34)39(45)40(3)36(33)42/h4-20H,1-3H3. The molecule has 4 amide bonds. The Labute approximate surface area is 259 Å². The third kappa shape index (κ3) is 3.82. The van der Waals surface area contributed by atoms with E-state index in [0.29, 0.717) is 33.5 Å². The number of aryl methyl sites for hydroxylation is 2. The predicted octanol–water partition coefficient (Wildman–Crippen LogP) is 7.97. The average Bonchev–Trinajstić information content (AvgIpc) is 3.43. The van der Waals surface area contributed by atoms with Gasteiger partial charge >= 0.3 is 0 Å². The lowest BCUT2D eigenvalue weighted by molar-refractivity contribution is 0.0692. The maximum atomic E-state index is 13.9. The van der Waals surface area contributed by atoms with Crippen molar-refractivity contribution >= 4 is 50.9 Å². The van der Waals surface area contributed by atoms with E-state index in [1.54, 1.807) is 30.3 Å². The first-order valence-electron chi connectivity index (χ1n) is 14.7. The summed E-state index contributed by atoms with van der Waals surface area (Å²) in [6.07, 6.45) is 0. The van der Waals surface area contributed by atoms with Gasteiger partial charge in [0.1, 0.15) is 0 Å². The molecule has 216 valence electrons. The van der Waals surface area contributed by atoms with Gasteiger partial charge in [0.15, 0.2) is 0 Å². The molecule has 2 aliphatic rings. The molecule has 2 aliphatic heterocycles. The molecule has 0 bridgehead atoms. The minimum Gasteiger partial charge on any atom is -0.277 e. The second-order valence-electron chi connectivity index (χ2n) is 11.8. The number of nitrogens with zero attached hydrogens (tertiary/aromatic N) is 2. The fraction of sp³-hybridized carbons (Fsp3) is 0.0769. The number of fused-ring (bicyclic) bond motifs is 4. The molecule has 8 rings (SSSR count). The zero-order valence-electron chi connectivity index (χ0n) is 24.8. The van der Waals surface area contributed by atoms with Crippen molar-refractivity contribution in [2.45, 2.75) is 13.8 Å². The second kappa shape index (κ2) is 9.56. The van der Waals surface area contributed by atoms with Crippen molar-refractivity contribution in [3.63, 3.8) is 0 Å². The highest BCUT2D eigenvalue weighted by atomic mass is 16.2. The summed E-state index contributed by atoms with van der Waals surface area (Å²) < 4.78 is 0. The first-order valence-corrected chi connectivity index (χ1v) is 14.7. The Morgan fingerprint density at radius 3 is 1.80 bits per heavy atom. The van der Waals surface area contributed by atoms with Crippen LogP contribution in [0.3, 0.4) is 0 Å². The van der Waals surface area contributed by atoms with E-state index < -0.39 is 5.91 Å². The highest BCUT2D eigenvalue weighted by molar-refractivity contribution is 6.36. The van der Waals surface area contributed by atoms with Crippen LogP contribution in [0.15, 0.2) is 103 Å². The molecule has 0 N–H and O–H groups in total. The lowest BCUT2D eigenvalue weighted by Crippen LogP contribution is -2.29. The van der Waals surface area contributed by atoms with Gasteiger partial charge in [-0.05, 0) is 88.0 Å². The largest absolute Gasteiger partial charge is 0.277 e. The number of benzene rings is 6. The minimum atomic E-state index is -0.401. The topological polar surface area (TPSA) is 74.8 Å². The molecule has 6 nitrogen and oxygen atoms in total. The summed E-state index contributed by atoms with van der Waals surface area (Å²) in [6, 6.07) is 32.5. The predicted molar refractivity (Wildman–Crippen MR) is 176 cm³/mol. The summed E-state index contributed by atoms with van der Waals surface area (Å²) in [6.45, 7) is 3.99. The number of hydrogen-bond acceptors (Lipinski definition) is 4. The molecule has 0 saturated carbocycles. The number of carbonyl (C=O) groups excluding carboxylic acids is 4. The quantitative estimate of drug-likeness (QED) is 0.197. The Morgan fingerprint density at radius 2 is 1.11 bits per heavy atom. The number of anilines is 1.